The summed E-state index contributed by atoms with van der Waals surface area (Å²) in [5.41, 5.74) is -1.05. The van der Waals surface area contributed by atoms with Gasteiger partial charge in [0.05, 0.1) is 0 Å². The Labute approximate surface area is 100 Å². The smallest absolute Gasteiger partial charge is 0.405 e. The Morgan fingerprint density at radius 1 is 1.41 bits per heavy atom. The number of hydrogen-bond acceptors (Lipinski definition) is 3. The number of rotatable bonds is 2. The number of nitrogens with zero attached hydrogens (tertiary/aromatic N) is 1. The van der Waals surface area contributed by atoms with E-state index in [0.29, 0.717) is 12.6 Å². The fraction of sp³-hybridized carbons (Fsp3) is 0.818. The zero-order chi connectivity index (χ0) is 12.6. The lowest BCUT2D eigenvalue weighted by molar-refractivity contribution is -0.143. The van der Waals surface area contributed by atoms with Gasteiger partial charge in [0.15, 0.2) is 0 Å². The van der Waals surface area contributed by atoms with Gasteiger partial charge in [0, 0.05) is 25.2 Å². The molecular formula is C11H19N3O3. The van der Waals surface area contributed by atoms with Crippen LogP contribution in [0.3, 0.4) is 0 Å². The topological polar surface area (TPSA) is 81.7 Å². The van der Waals surface area contributed by atoms with Crippen LogP contribution in [-0.2, 0) is 4.79 Å². The van der Waals surface area contributed by atoms with Crippen LogP contribution in [0.15, 0.2) is 0 Å². The quantitative estimate of drug-likeness (QED) is 0.635. The number of carbonyl (C=O) groups excluding carboxylic acids is 1. The molecule has 0 aromatic heterocycles. The van der Waals surface area contributed by atoms with E-state index < -0.39 is 11.6 Å². The monoisotopic (exact) mass is 241 g/mol. The molecule has 6 heteroatoms. The van der Waals surface area contributed by atoms with Crippen molar-refractivity contribution >= 4 is 12.0 Å². The predicted octanol–water partition coefficient (Wildman–Crippen LogP) is -0.00460. The van der Waals surface area contributed by atoms with Gasteiger partial charge in [-0.2, -0.15) is 0 Å². The second kappa shape index (κ2) is 4.18. The van der Waals surface area contributed by atoms with E-state index in [1.807, 2.05) is 4.90 Å². The van der Waals surface area contributed by atoms with E-state index in [2.05, 4.69) is 10.6 Å². The molecule has 2 amide bonds. The number of piperazine rings is 1. The number of carboxylic acid groups (broad SMARTS) is 1. The zero-order valence-corrected chi connectivity index (χ0v) is 10.2. The summed E-state index contributed by atoms with van der Waals surface area (Å²) in [7, 11) is 0. The Morgan fingerprint density at radius 2 is 2.12 bits per heavy atom. The normalized spacial score (nSPS) is 28.0. The summed E-state index contributed by atoms with van der Waals surface area (Å²) in [6, 6.07) is 0.576. The Morgan fingerprint density at radius 3 is 2.53 bits per heavy atom. The van der Waals surface area contributed by atoms with Crippen molar-refractivity contribution in [1.82, 2.24) is 15.5 Å². The van der Waals surface area contributed by atoms with Gasteiger partial charge in [0.25, 0.3) is 0 Å². The summed E-state index contributed by atoms with van der Waals surface area (Å²) in [5, 5.41) is 14.4. The summed E-state index contributed by atoms with van der Waals surface area (Å²) in [4.78, 5) is 24.8. The molecule has 0 aliphatic carbocycles. The summed E-state index contributed by atoms with van der Waals surface area (Å²) in [6.07, 6.45) is 0.942. The van der Waals surface area contributed by atoms with Crippen LogP contribution >= 0.6 is 0 Å². The van der Waals surface area contributed by atoms with Crippen molar-refractivity contribution in [2.45, 2.75) is 44.3 Å². The number of amides is 2. The average molecular weight is 241 g/mol. The van der Waals surface area contributed by atoms with Crippen molar-refractivity contribution in [1.29, 1.82) is 0 Å². The van der Waals surface area contributed by atoms with Crippen molar-refractivity contribution in [2.75, 3.05) is 13.1 Å². The summed E-state index contributed by atoms with van der Waals surface area (Å²) in [6.45, 7) is 4.73. The Hall–Kier alpha value is -1.30. The maximum absolute atomic E-state index is 12.3. The molecule has 2 unspecified atom stereocenters. The third-order valence-corrected chi connectivity index (χ3v) is 3.56. The molecular weight excluding hydrogens is 222 g/mol. The molecule has 0 aromatic rings. The molecule has 0 saturated carbocycles. The molecule has 0 spiro atoms. The van der Waals surface area contributed by atoms with Crippen molar-refractivity contribution < 1.29 is 14.7 Å². The van der Waals surface area contributed by atoms with Crippen molar-refractivity contribution in [3.05, 3.63) is 0 Å². The minimum atomic E-state index is -1.16. The van der Waals surface area contributed by atoms with Gasteiger partial charge in [-0.25, -0.2) is 4.79 Å². The number of carbonyl (C=O) groups is 2. The van der Waals surface area contributed by atoms with Gasteiger partial charge in [0.2, 0.25) is 5.91 Å². The largest absolute Gasteiger partial charge is 0.465 e. The van der Waals surface area contributed by atoms with Crippen molar-refractivity contribution in [2.24, 2.45) is 0 Å². The molecule has 2 atom stereocenters. The van der Waals surface area contributed by atoms with Crippen LogP contribution in [0, 0.1) is 0 Å². The maximum atomic E-state index is 12.3. The maximum Gasteiger partial charge on any atom is 0.405 e. The second-order valence-corrected chi connectivity index (χ2v) is 5.35. The van der Waals surface area contributed by atoms with Gasteiger partial charge in [0.1, 0.15) is 5.54 Å². The van der Waals surface area contributed by atoms with E-state index in [0.717, 1.165) is 19.4 Å². The molecule has 3 heterocycles. The fourth-order valence-corrected chi connectivity index (χ4v) is 2.64. The standard InChI is InChI=1S/C11H19N3O3/c1-11(2,13-10(16)17)9(15)14-6-7-3-4-8(14)5-12-7/h7-8,12-13H,3-6H2,1-2H3,(H,16,17). The number of nitrogens with one attached hydrogen (secondary N) is 2. The van der Waals surface area contributed by atoms with Crippen LogP contribution < -0.4 is 10.6 Å². The van der Waals surface area contributed by atoms with Crippen LogP contribution in [0.4, 0.5) is 4.79 Å². The van der Waals surface area contributed by atoms with Crippen LogP contribution in [0.2, 0.25) is 0 Å². The molecule has 0 radical (unpaired) electrons. The highest BCUT2D eigenvalue weighted by molar-refractivity contribution is 5.89. The third-order valence-electron chi connectivity index (χ3n) is 3.56. The molecule has 3 fully saturated rings. The van der Waals surface area contributed by atoms with Gasteiger partial charge in [-0.3, -0.25) is 4.79 Å². The molecule has 6 nitrogen and oxygen atoms in total. The Kier molecular flexibility index (Phi) is 2.99. The van der Waals surface area contributed by atoms with Crippen LogP contribution in [0.25, 0.3) is 0 Å². The van der Waals surface area contributed by atoms with Crippen molar-refractivity contribution in [3.63, 3.8) is 0 Å². The highest BCUT2D eigenvalue weighted by atomic mass is 16.4. The minimum Gasteiger partial charge on any atom is -0.465 e. The molecule has 96 valence electrons. The lowest BCUT2D eigenvalue weighted by Gasteiger charge is -2.48. The van der Waals surface area contributed by atoms with Crippen LogP contribution in [0.5, 0.6) is 0 Å². The van der Waals surface area contributed by atoms with Crippen LogP contribution in [-0.4, -0.2) is 52.7 Å². The molecule has 0 aromatic carbocycles. The fourth-order valence-electron chi connectivity index (χ4n) is 2.64. The lowest BCUT2D eigenvalue weighted by Crippen LogP contribution is -2.67. The molecule has 3 rings (SSSR count). The molecule has 3 N–H and O–H groups in total. The number of hydrogen-bond donors (Lipinski definition) is 3. The first-order valence-corrected chi connectivity index (χ1v) is 5.96. The SMILES string of the molecule is CC(C)(NC(=O)O)C(=O)N1CC2CCC1CN2. The molecule has 3 saturated heterocycles. The van der Waals surface area contributed by atoms with E-state index in [-0.39, 0.29) is 11.9 Å². The number of fused-ring (bicyclic) bond motifs is 3. The highest BCUT2D eigenvalue weighted by Crippen LogP contribution is 2.24. The molecule has 3 aliphatic rings. The first kappa shape index (κ1) is 12.2. The van der Waals surface area contributed by atoms with E-state index >= 15 is 0 Å². The molecule has 2 bridgehead atoms. The lowest BCUT2D eigenvalue weighted by atomic mass is 9.90. The van der Waals surface area contributed by atoms with Crippen molar-refractivity contribution in [3.8, 4) is 0 Å². The Bertz CT molecular complexity index is 335. The second-order valence-electron chi connectivity index (χ2n) is 5.35. The number of piperidine rings is 2. The molecule has 17 heavy (non-hydrogen) atoms. The van der Waals surface area contributed by atoms with Gasteiger partial charge < -0.3 is 20.6 Å². The first-order valence-electron chi connectivity index (χ1n) is 5.96. The van der Waals surface area contributed by atoms with Gasteiger partial charge >= 0.3 is 6.09 Å². The van der Waals surface area contributed by atoms with Gasteiger partial charge in [-0.15, -0.1) is 0 Å². The summed E-state index contributed by atoms with van der Waals surface area (Å²) in [5.74, 6) is -0.129. The van der Waals surface area contributed by atoms with E-state index in [1.54, 1.807) is 13.8 Å². The van der Waals surface area contributed by atoms with E-state index in [4.69, 9.17) is 5.11 Å². The molecule has 3 aliphatic heterocycles. The Balaban J connectivity index is 2.07. The third kappa shape index (κ3) is 2.36. The van der Waals surface area contributed by atoms with Crippen LogP contribution in [0.1, 0.15) is 26.7 Å². The summed E-state index contributed by atoms with van der Waals surface area (Å²) < 4.78 is 0. The average Bonchev–Trinajstić information content (AvgIpc) is 2.27. The van der Waals surface area contributed by atoms with E-state index in [1.165, 1.54) is 0 Å². The summed E-state index contributed by atoms with van der Waals surface area (Å²) >= 11 is 0. The highest BCUT2D eigenvalue weighted by Gasteiger charge is 2.42. The van der Waals surface area contributed by atoms with E-state index in [9.17, 15) is 9.59 Å². The zero-order valence-electron chi connectivity index (χ0n) is 10.2. The van der Waals surface area contributed by atoms with Gasteiger partial charge in [-0.05, 0) is 26.7 Å². The predicted molar refractivity (Wildman–Crippen MR) is 61.8 cm³/mol. The first-order chi connectivity index (χ1) is 7.90. The van der Waals surface area contributed by atoms with Gasteiger partial charge in [-0.1, -0.05) is 0 Å². The minimum absolute atomic E-state index is 0.129.